The maximum absolute atomic E-state index is 12.1. The third-order valence-corrected chi connectivity index (χ3v) is 4.23. The molecule has 0 aliphatic heterocycles. The molecule has 1 rings (SSSR count). The van der Waals surface area contributed by atoms with Crippen molar-refractivity contribution in [2.45, 2.75) is 65.2 Å². The second-order valence-corrected chi connectivity index (χ2v) is 6.46. The van der Waals surface area contributed by atoms with E-state index in [1.807, 2.05) is 0 Å². The van der Waals surface area contributed by atoms with E-state index in [9.17, 15) is 4.79 Å². The second kappa shape index (κ2) is 8.06. The van der Waals surface area contributed by atoms with E-state index >= 15 is 0 Å². The summed E-state index contributed by atoms with van der Waals surface area (Å²) >= 11 is 0. The molecule has 0 radical (unpaired) electrons. The van der Waals surface area contributed by atoms with Crippen LogP contribution in [0.15, 0.2) is 12.1 Å². The average Bonchev–Trinajstić information content (AvgIpc) is 2.45. The fourth-order valence-electron chi connectivity index (χ4n) is 2.54. The Labute approximate surface area is 134 Å². The van der Waals surface area contributed by atoms with E-state index in [1.165, 1.54) is 0 Å². The van der Waals surface area contributed by atoms with Gasteiger partial charge < -0.3 is 16.2 Å². The smallest absolute Gasteiger partial charge is 0.338 e. The van der Waals surface area contributed by atoms with Crippen LogP contribution in [-0.4, -0.2) is 12.6 Å². The van der Waals surface area contributed by atoms with Gasteiger partial charge in [0.25, 0.3) is 0 Å². The topological polar surface area (TPSA) is 78.3 Å². The summed E-state index contributed by atoms with van der Waals surface area (Å²) in [5.74, 6) is -0.351. The Morgan fingerprint density at radius 2 is 1.68 bits per heavy atom. The summed E-state index contributed by atoms with van der Waals surface area (Å²) in [7, 11) is 0. The molecule has 0 heterocycles. The van der Waals surface area contributed by atoms with Gasteiger partial charge in [0.05, 0.1) is 12.2 Å². The van der Waals surface area contributed by atoms with Crippen molar-refractivity contribution in [2.24, 2.45) is 0 Å². The highest BCUT2D eigenvalue weighted by atomic mass is 16.5. The van der Waals surface area contributed by atoms with Crippen LogP contribution in [0.1, 0.15) is 75.7 Å². The van der Waals surface area contributed by atoms with Crippen LogP contribution in [0.5, 0.6) is 0 Å². The molecule has 4 N–H and O–H groups in total. The molecule has 4 heteroatoms. The first-order valence-corrected chi connectivity index (χ1v) is 8.20. The van der Waals surface area contributed by atoms with Gasteiger partial charge in [0, 0.05) is 16.9 Å². The number of benzene rings is 1. The number of anilines is 2. The Morgan fingerprint density at radius 3 is 2.18 bits per heavy atom. The normalized spacial score (nSPS) is 11.5. The van der Waals surface area contributed by atoms with Gasteiger partial charge >= 0.3 is 5.97 Å². The predicted octanol–water partition coefficient (Wildman–Crippen LogP) is 4.28. The van der Waals surface area contributed by atoms with Crippen LogP contribution in [-0.2, 0) is 10.2 Å². The Hall–Kier alpha value is -1.71. The molecule has 0 aliphatic rings. The lowest BCUT2D eigenvalue weighted by Gasteiger charge is -2.27. The largest absolute Gasteiger partial charge is 0.462 e. The van der Waals surface area contributed by atoms with Crippen LogP contribution in [0, 0.1) is 0 Å². The van der Waals surface area contributed by atoms with Crippen molar-refractivity contribution in [1.29, 1.82) is 0 Å². The summed E-state index contributed by atoms with van der Waals surface area (Å²) in [4.78, 5) is 12.1. The van der Waals surface area contributed by atoms with E-state index in [4.69, 9.17) is 16.2 Å². The van der Waals surface area contributed by atoms with Gasteiger partial charge in [0.2, 0.25) is 0 Å². The summed E-state index contributed by atoms with van der Waals surface area (Å²) < 4.78 is 5.29. The molecule has 1 aromatic rings. The van der Waals surface area contributed by atoms with Gasteiger partial charge in [0.1, 0.15) is 0 Å². The lowest BCUT2D eigenvalue weighted by atomic mass is 9.80. The van der Waals surface area contributed by atoms with Crippen LogP contribution in [0.2, 0.25) is 0 Å². The molecule has 22 heavy (non-hydrogen) atoms. The zero-order valence-electron chi connectivity index (χ0n) is 14.4. The van der Waals surface area contributed by atoms with Gasteiger partial charge in [-0.2, -0.15) is 0 Å². The molecule has 124 valence electrons. The van der Waals surface area contributed by atoms with E-state index < -0.39 is 0 Å². The van der Waals surface area contributed by atoms with E-state index in [0.29, 0.717) is 23.5 Å². The summed E-state index contributed by atoms with van der Waals surface area (Å²) in [6, 6.07) is 3.36. The Morgan fingerprint density at radius 1 is 1.09 bits per heavy atom. The fourth-order valence-corrected chi connectivity index (χ4v) is 2.54. The van der Waals surface area contributed by atoms with Gasteiger partial charge in [0.15, 0.2) is 0 Å². The van der Waals surface area contributed by atoms with Crippen LogP contribution in [0.4, 0.5) is 11.4 Å². The molecule has 0 aliphatic carbocycles. The average molecular weight is 306 g/mol. The van der Waals surface area contributed by atoms with Crippen LogP contribution >= 0.6 is 0 Å². The molecular weight excluding hydrogens is 276 g/mol. The van der Waals surface area contributed by atoms with Crippen molar-refractivity contribution >= 4 is 17.3 Å². The third-order valence-electron chi connectivity index (χ3n) is 4.23. The number of hydrogen-bond acceptors (Lipinski definition) is 4. The zero-order chi connectivity index (χ0) is 16.8. The van der Waals surface area contributed by atoms with Crippen LogP contribution < -0.4 is 11.5 Å². The fraction of sp³-hybridized carbons (Fsp3) is 0.611. The zero-order valence-corrected chi connectivity index (χ0v) is 14.4. The minimum Gasteiger partial charge on any atom is -0.462 e. The number of esters is 1. The number of nitrogens with two attached hydrogens (primary N) is 2. The van der Waals surface area contributed by atoms with E-state index in [1.54, 1.807) is 12.1 Å². The second-order valence-electron chi connectivity index (χ2n) is 6.46. The highest BCUT2D eigenvalue weighted by Crippen LogP contribution is 2.36. The van der Waals surface area contributed by atoms with E-state index in [0.717, 1.165) is 37.7 Å². The highest BCUT2D eigenvalue weighted by molar-refractivity contribution is 5.92. The SMILES string of the molecule is CCCCCCOC(=O)c1cc(N)c(C(C)(C)CC)c(N)c1. The molecular formula is C18H30N2O2. The standard InChI is InChI=1S/C18H30N2O2/c1-5-7-8-9-10-22-17(21)13-11-14(19)16(15(20)12-13)18(3,4)6-2/h11-12H,5-10,19-20H2,1-4H3. The minimum atomic E-state index is -0.351. The number of carbonyl (C=O) groups is 1. The van der Waals surface area contributed by atoms with Gasteiger partial charge in [-0.15, -0.1) is 0 Å². The number of carbonyl (C=O) groups excluding carboxylic acids is 1. The van der Waals surface area contributed by atoms with Gasteiger partial charge in [-0.05, 0) is 30.4 Å². The van der Waals surface area contributed by atoms with Gasteiger partial charge in [-0.1, -0.05) is 47.0 Å². The number of ether oxygens (including phenoxy) is 1. The minimum absolute atomic E-state index is 0.114. The molecule has 0 amide bonds. The summed E-state index contributed by atoms with van der Waals surface area (Å²) in [5, 5.41) is 0. The molecule has 0 bridgehead atoms. The van der Waals surface area contributed by atoms with Gasteiger partial charge in [-0.3, -0.25) is 0 Å². The summed E-state index contributed by atoms with van der Waals surface area (Å²) in [6.45, 7) is 8.89. The number of hydrogen-bond donors (Lipinski definition) is 2. The quantitative estimate of drug-likeness (QED) is 0.427. The Bertz CT molecular complexity index is 487. The predicted molar refractivity (Wildman–Crippen MR) is 93.0 cm³/mol. The molecule has 4 nitrogen and oxygen atoms in total. The highest BCUT2D eigenvalue weighted by Gasteiger charge is 2.25. The van der Waals surface area contributed by atoms with Crippen LogP contribution in [0.3, 0.4) is 0 Å². The summed E-state index contributed by atoms with van der Waals surface area (Å²) in [5.41, 5.74) is 14.6. The molecule has 0 fully saturated rings. The molecule has 0 aromatic heterocycles. The van der Waals surface area contributed by atoms with E-state index in [2.05, 4.69) is 27.7 Å². The molecule has 0 saturated carbocycles. The molecule has 1 aromatic carbocycles. The van der Waals surface area contributed by atoms with Crippen molar-refractivity contribution in [3.63, 3.8) is 0 Å². The first-order chi connectivity index (χ1) is 10.3. The van der Waals surface area contributed by atoms with Crippen molar-refractivity contribution in [1.82, 2.24) is 0 Å². The molecule has 0 atom stereocenters. The number of nitrogen functional groups attached to an aromatic ring is 2. The molecule has 0 unspecified atom stereocenters. The summed E-state index contributed by atoms with van der Waals surface area (Å²) in [6.07, 6.45) is 5.22. The Kier molecular flexibility index (Phi) is 6.72. The van der Waals surface area contributed by atoms with Crippen molar-refractivity contribution in [2.75, 3.05) is 18.1 Å². The maximum atomic E-state index is 12.1. The monoisotopic (exact) mass is 306 g/mol. The van der Waals surface area contributed by atoms with Crippen LogP contribution in [0.25, 0.3) is 0 Å². The number of unbranched alkanes of at least 4 members (excludes halogenated alkanes) is 3. The maximum Gasteiger partial charge on any atom is 0.338 e. The first-order valence-electron chi connectivity index (χ1n) is 8.20. The van der Waals surface area contributed by atoms with E-state index in [-0.39, 0.29) is 11.4 Å². The van der Waals surface area contributed by atoms with Crippen molar-refractivity contribution in [3.05, 3.63) is 23.3 Å². The lowest BCUT2D eigenvalue weighted by molar-refractivity contribution is 0.0498. The van der Waals surface area contributed by atoms with Gasteiger partial charge in [-0.25, -0.2) is 4.79 Å². The third kappa shape index (κ3) is 4.65. The van der Waals surface area contributed by atoms with Crippen molar-refractivity contribution < 1.29 is 9.53 Å². The lowest BCUT2D eigenvalue weighted by Crippen LogP contribution is -2.21. The molecule has 0 saturated heterocycles. The molecule has 0 spiro atoms. The first kappa shape index (κ1) is 18.3. The van der Waals surface area contributed by atoms with Crippen molar-refractivity contribution in [3.8, 4) is 0 Å². The number of rotatable bonds is 8. The Balaban J connectivity index is 2.79.